The second-order valence-corrected chi connectivity index (χ2v) is 6.88. The quantitative estimate of drug-likeness (QED) is 0.665. The van der Waals surface area contributed by atoms with Crippen LogP contribution in [0.15, 0.2) is 28.4 Å². The average Bonchev–Trinajstić information content (AvgIpc) is 2.94. The van der Waals surface area contributed by atoms with E-state index in [0.717, 1.165) is 21.5 Å². The first-order valence-electron chi connectivity index (χ1n) is 7.96. The number of unbranched alkanes of at least 4 members (excludes halogenated alkanes) is 1. The molecule has 0 unspecified atom stereocenters. The molecular weight excluding hydrogens is 318 g/mol. The van der Waals surface area contributed by atoms with Gasteiger partial charge in [-0.15, -0.1) is 11.3 Å². The van der Waals surface area contributed by atoms with E-state index in [9.17, 15) is 4.79 Å². The lowest BCUT2D eigenvalue weighted by Crippen LogP contribution is -2.23. The average molecular weight is 337 g/mol. The largest absolute Gasteiger partial charge is 0.296 e. The fourth-order valence-electron chi connectivity index (χ4n) is 3.02. The van der Waals surface area contributed by atoms with Crippen LogP contribution >= 0.6 is 11.3 Å². The number of aromatic nitrogens is 2. The minimum absolute atomic E-state index is 0.00772. The van der Waals surface area contributed by atoms with E-state index in [2.05, 4.69) is 43.1 Å². The van der Waals surface area contributed by atoms with Gasteiger partial charge in [-0.25, -0.2) is 4.98 Å². The molecule has 24 heavy (non-hydrogen) atoms. The van der Waals surface area contributed by atoms with Gasteiger partial charge in [0.25, 0.3) is 5.56 Å². The third-order valence-corrected chi connectivity index (χ3v) is 5.10. The molecule has 3 rings (SSSR count). The van der Waals surface area contributed by atoms with Crippen LogP contribution in [0.3, 0.4) is 0 Å². The molecule has 2 aromatic heterocycles. The van der Waals surface area contributed by atoms with E-state index in [4.69, 9.17) is 5.26 Å². The summed E-state index contributed by atoms with van der Waals surface area (Å²) >= 11 is 1.51. The van der Waals surface area contributed by atoms with Gasteiger partial charge < -0.3 is 0 Å². The maximum atomic E-state index is 13.0. The first-order chi connectivity index (χ1) is 11.5. The second-order valence-electron chi connectivity index (χ2n) is 6.03. The Kier molecular flexibility index (Phi) is 4.50. The van der Waals surface area contributed by atoms with Crippen molar-refractivity contribution in [3.63, 3.8) is 0 Å². The molecule has 0 radical (unpaired) electrons. The number of rotatable bonds is 4. The van der Waals surface area contributed by atoms with Crippen LogP contribution in [0.5, 0.6) is 0 Å². The maximum absolute atomic E-state index is 13.0. The van der Waals surface area contributed by atoms with Gasteiger partial charge in [-0.3, -0.25) is 9.36 Å². The van der Waals surface area contributed by atoms with Gasteiger partial charge >= 0.3 is 0 Å². The fraction of sp³-hybridized carbons (Fsp3) is 0.316. The molecule has 3 aromatic rings. The molecule has 122 valence electrons. The van der Waals surface area contributed by atoms with Gasteiger partial charge in [0, 0.05) is 23.9 Å². The number of aryl methyl sites for hydroxylation is 3. The Morgan fingerprint density at radius 1 is 1.25 bits per heavy atom. The SMILES string of the molecule is Cc1ccc(-c2csc3nc(C)n(CCCC#N)c(=O)c23)c(C)c1. The molecule has 5 heteroatoms. The summed E-state index contributed by atoms with van der Waals surface area (Å²) in [4.78, 5) is 18.4. The van der Waals surface area contributed by atoms with Crippen LogP contribution < -0.4 is 5.56 Å². The summed E-state index contributed by atoms with van der Waals surface area (Å²) in [6.07, 6.45) is 1.10. The van der Waals surface area contributed by atoms with Crippen molar-refractivity contribution in [3.8, 4) is 17.2 Å². The number of benzene rings is 1. The highest BCUT2D eigenvalue weighted by molar-refractivity contribution is 7.17. The van der Waals surface area contributed by atoms with Crippen LogP contribution in [0, 0.1) is 32.1 Å². The van der Waals surface area contributed by atoms with Gasteiger partial charge in [0.2, 0.25) is 0 Å². The minimum Gasteiger partial charge on any atom is -0.296 e. The van der Waals surface area contributed by atoms with Gasteiger partial charge in [-0.05, 0) is 38.3 Å². The first-order valence-corrected chi connectivity index (χ1v) is 8.84. The van der Waals surface area contributed by atoms with Crippen molar-refractivity contribution in [2.45, 2.75) is 40.2 Å². The monoisotopic (exact) mass is 337 g/mol. The fourth-order valence-corrected chi connectivity index (χ4v) is 3.99. The summed E-state index contributed by atoms with van der Waals surface area (Å²) in [5, 5.41) is 11.4. The van der Waals surface area contributed by atoms with Crippen molar-refractivity contribution in [2.75, 3.05) is 0 Å². The van der Waals surface area contributed by atoms with Crippen molar-refractivity contribution in [1.29, 1.82) is 5.26 Å². The molecule has 4 nitrogen and oxygen atoms in total. The molecule has 0 aliphatic heterocycles. The Hall–Kier alpha value is -2.45. The van der Waals surface area contributed by atoms with Crippen LogP contribution in [0.2, 0.25) is 0 Å². The molecule has 0 aliphatic rings. The van der Waals surface area contributed by atoms with Gasteiger partial charge in [-0.2, -0.15) is 5.26 Å². The summed E-state index contributed by atoms with van der Waals surface area (Å²) < 4.78 is 1.69. The maximum Gasteiger partial charge on any atom is 0.262 e. The molecule has 0 amide bonds. The highest BCUT2D eigenvalue weighted by Gasteiger charge is 2.16. The normalized spacial score (nSPS) is 10.9. The Morgan fingerprint density at radius 2 is 2.04 bits per heavy atom. The minimum atomic E-state index is -0.00772. The lowest BCUT2D eigenvalue weighted by molar-refractivity contribution is 0.607. The van der Waals surface area contributed by atoms with E-state index < -0.39 is 0 Å². The summed E-state index contributed by atoms with van der Waals surface area (Å²) in [7, 11) is 0. The van der Waals surface area contributed by atoms with Gasteiger partial charge in [-0.1, -0.05) is 23.8 Å². The van der Waals surface area contributed by atoms with Crippen LogP contribution in [0.1, 0.15) is 29.8 Å². The van der Waals surface area contributed by atoms with Gasteiger partial charge in [0.1, 0.15) is 10.7 Å². The van der Waals surface area contributed by atoms with Crippen molar-refractivity contribution < 1.29 is 0 Å². The number of hydrogen-bond acceptors (Lipinski definition) is 4. The van der Waals surface area contributed by atoms with Crippen LogP contribution in [-0.4, -0.2) is 9.55 Å². The topological polar surface area (TPSA) is 58.7 Å². The molecule has 0 aliphatic carbocycles. The lowest BCUT2D eigenvalue weighted by atomic mass is 9.99. The van der Waals surface area contributed by atoms with Crippen molar-refractivity contribution >= 4 is 21.6 Å². The number of nitrogens with zero attached hydrogens (tertiary/aromatic N) is 3. The first kappa shape index (κ1) is 16.4. The summed E-state index contributed by atoms with van der Waals surface area (Å²) in [5.74, 6) is 0.708. The third kappa shape index (κ3) is 2.85. The number of thiophene rings is 1. The van der Waals surface area contributed by atoms with E-state index >= 15 is 0 Å². The molecule has 0 saturated heterocycles. The zero-order valence-electron chi connectivity index (χ0n) is 14.1. The number of nitriles is 1. The van der Waals surface area contributed by atoms with Crippen LogP contribution in [0.4, 0.5) is 0 Å². The van der Waals surface area contributed by atoms with E-state index in [1.54, 1.807) is 4.57 Å². The van der Waals surface area contributed by atoms with Crippen LogP contribution in [0.25, 0.3) is 21.3 Å². The Balaban J connectivity index is 2.19. The molecule has 0 bridgehead atoms. The van der Waals surface area contributed by atoms with E-state index in [0.29, 0.717) is 30.6 Å². The summed E-state index contributed by atoms with van der Waals surface area (Å²) in [6, 6.07) is 8.40. The van der Waals surface area contributed by atoms with Crippen molar-refractivity contribution in [2.24, 2.45) is 0 Å². The highest BCUT2D eigenvalue weighted by Crippen LogP contribution is 2.33. The Bertz CT molecular complexity index is 1010. The highest BCUT2D eigenvalue weighted by atomic mass is 32.1. The molecule has 0 spiro atoms. The smallest absolute Gasteiger partial charge is 0.262 e. The molecular formula is C19H19N3OS. The molecule has 0 fully saturated rings. The zero-order chi connectivity index (χ0) is 17.3. The summed E-state index contributed by atoms with van der Waals surface area (Å²) in [6.45, 7) is 6.52. The number of hydrogen-bond donors (Lipinski definition) is 0. The Morgan fingerprint density at radius 3 is 2.75 bits per heavy atom. The summed E-state index contributed by atoms with van der Waals surface area (Å²) in [5.41, 5.74) is 4.40. The van der Waals surface area contributed by atoms with Gasteiger partial charge in [0.05, 0.1) is 11.5 Å². The second kappa shape index (κ2) is 6.58. The lowest BCUT2D eigenvalue weighted by Gasteiger charge is -2.10. The Labute approximate surface area is 145 Å². The standard InChI is InChI=1S/C19H19N3OS/c1-12-6-7-15(13(2)10-12)16-11-24-18-17(16)19(23)22(14(3)21-18)9-5-4-8-20/h6-7,10-11H,4-5,9H2,1-3H3. The number of fused-ring (bicyclic) bond motifs is 1. The van der Waals surface area contributed by atoms with Gasteiger partial charge in [0.15, 0.2) is 0 Å². The van der Waals surface area contributed by atoms with E-state index in [-0.39, 0.29) is 5.56 Å². The predicted molar refractivity (Wildman–Crippen MR) is 98.4 cm³/mol. The van der Waals surface area contributed by atoms with Crippen molar-refractivity contribution in [1.82, 2.24) is 9.55 Å². The van der Waals surface area contributed by atoms with E-state index in [1.165, 1.54) is 16.9 Å². The van der Waals surface area contributed by atoms with Crippen molar-refractivity contribution in [3.05, 3.63) is 50.9 Å². The molecule has 0 saturated carbocycles. The van der Waals surface area contributed by atoms with Crippen LogP contribution in [-0.2, 0) is 6.54 Å². The molecule has 1 aromatic carbocycles. The molecule has 0 atom stereocenters. The van der Waals surface area contributed by atoms with E-state index in [1.807, 2.05) is 12.3 Å². The molecule has 2 heterocycles. The predicted octanol–water partition coefficient (Wildman–Crippen LogP) is 4.35. The molecule has 0 N–H and O–H groups in total. The zero-order valence-corrected chi connectivity index (χ0v) is 14.9. The third-order valence-electron chi connectivity index (χ3n) is 4.23.